The Labute approximate surface area is 174 Å². The normalized spacial score (nSPS) is 12.4. The van der Waals surface area contributed by atoms with Gasteiger partial charge in [-0.1, -0.05) is 0 Å². The standard InChI is InChI=1S/C15H13F6N9O2/c1-29-12(25-27-28-29)6-3-8(14(16,17)18)23-7(10(6)11(22)31)4-32-5-9-24-13(15(19,20)21)30(2)26-9/h3H,4-5H2,1-2H3,(H2,22,31). The lowest BCUT2D eigenvalue weighted by Gasteiger charge is -2.15. The molecule has 32 heavy (non-hydrogen) atoms. The Morgan fingerprint density at radius 3 is 2.25 bits per heavy atom. The van der Waals surface area contributed by atoms with Gasteiger partial charge in [0.1, 0.15) is 12.3 Å². The topological polar surface area (TPSA) is 140 Å². The minimum Gasteiger partial charge on any atom is -0.367 e. The highest BCUT2D eigenvalue weighted by Crippen LogP contribution is 2.33. The van der Waals surface area contributed by atoms with Crippen LogP contribution in [0.4, 0.5) is 26.3 Å². The SMILES string of the molecule is Cn1nnnc1-c1cc(C(F)(F)F)nc(COCc2nc(C(F)(F)F)n(C)n2)c1C(N)=O. The number of rotatable bonds is 6. The average molecular weight is 465 g/mol. The third-order valence-electron chi connectivity index (χ3n) is 4.02. The fraction of sp³-hybridized carbons (Fsp3) is 0.400. The fourth-order valence-corrected chi connectivity index (χ4v) is 2.74. The van der Waals surface area contributed by atoms with Crippen molar-refractivity contribution in [3.63, 3.8) is 0 Å². The van der Waals surface area contributed by atoms with Gasteiger partial charge in [0.05, 0.1) is 17.9 Å². The Kier molecular flexibility index (Phi) is 5.86. The number of halogens is 6. The molecular formula is C15H13F6N9O2. The van der Waals surface area contributed by atoms with E-state index in [4.69, 9.17) is 10.5 Å². The van der Waals surface area contributed by atoms with Crippen LogP contribution in [-0.4, -0.2) is 45.9 Å². The Morgan fingerprint density at radius 1 is 1.06 bits per heavy atom. The molecule has 0 saturated heterocycles. The minimum absolute atomic E-state index is 0.200. The summed E-state index contributed by atoms with van der Waals surface area (Å²) in [6.07, 6.45) is -9.67. The molecule has 0 saturated carbocycles. The summed E-state index contributed by atoms with van der Waals surface area (Å²) in [6, 6.07) is 0.561. The zero-order chi connectivity index (χ0) is 23.8. The van der Waals surface area contributed by atoms with Gasteiger partial charge in [0.25, 0.3) is 5.91 Å². The van der Waals surface area contributed by atoms with E-state index >= 15 is 0 Å². The molecule has 17 heteroatoms. The molecule has 0 aliphatic carbocycles. The van der Waals surface area contributed by atoms with Gasteiger partial charge in [0.2, 0.25) is 5.82 Å². The first kappa shape index (κ1) is 23.0. The number of pyridine rings is 1. The van der Waals surface area contributed by atoms with Crippen LogP contribution in [-0.2, 0) is 44.4 Å². The maximum absolute atomic E-state index is 13.4. The van der Waals surface area contributed by atoms with Crippen molar-refractivity contribution in [3.8, 4) is 11.4 Å². The number of ether oxygens (including phenoxy) is 1. The minimum atomic E-state index is -4.91. The number of nitrogens with two attached hydrogens (primary N) is 1. The van der Waals surface area contributed by atoms with Gasteiger partial charge in [0.15, 0.2) is 11.6 Å². The molecule has 0 aromatic carbocycles. The molecule has 0 radical (unpaired) electrons. The molecule has 3 aromatic rings. The first-order valence-corrected chi connectivity index (χ1v) is 8.47. The number of carbonyl (C=O) groups is 1. The second-order valence-corrected chi connectivity index (χ2v) is 6.33. The van der Waals surface area contributed by atoms with E-state index in [2.05, 4.69) is 30.6 Å². The van der Waals surface area contributed by atoms with E-state index in [1.807, 2.05) is 0 Å². The summed E-state index contributed by atoms with van der Waals surface area (Å²) in [4.78, 5) is 18.7. The molecule has 0 spiro atoms. The second-order valence-electron chi connectivity index (χ2n) is 6.33. The van der Waals surface area contributed by atoms with Crippen LogP contribution in [0.3, 0.4) is 0 Å². The van der Waals surface area contributed by atoms with Crippen molar-refractivity contribution >= 4 is 5.91 Å². The predicted octanol–water partition coefficient (Wildman–Crippen LogP) is 1.25. The molecule has 3 aromatic heterocycles. The van der Waals surface area contributed by atoms with Gasteiger partial charge < -0.3 is 10.5 Å². The molecule has 0 aliphatic rings. The van der Waals surface area contributed by atoms with E-state index in [1.54, 1.807) is 0 Å². The van der Waals surface area contributed by atoms with E-state index in [-0.39, 0.29) is 17.2 Å². The summed E-state index contributed by atoms with van der Waals surface area (Å²) < 4.78 is 85.2. The van der Waals surface area contributed by atoms with Crippen LogP contribution in [0.2, 0.25) is 0 Å². The molecule has 0 bridgehead atoms. The van der Waals surface area contributed by atoms with Gasteiger partial charge in [0, 0.05) is 19.7 Å². The van der Waals surface area contributed by atoms with Gasteiger partial charge >= 0.3 is 12.4 Å². The maximum atomic E-state index is 13.4. The molecule has 1 amide bonds. The molecule has 0 unspecified atom stereocenters. The Hall–Kier alpha value is -3.63. The largest absolute Gasteiger partial charge is 0.451 e. The van der Waals surface area contributed by atoms with Gasteiger partial charge in [-0.2, -0.15) is 31.4 Å². The third kappa shape index (κ3) is 4.66. The lowest BCUT2D eigenvalue weighted by molar-refractivity contribution is -0.147. The summed E-state index contributed by atoms with van der Waals surface area (Å²) >= 11 is 0. The van der Waals surface area contributed by atoms with E-state index in [9.17, 15) is 31.1 Å². The van der Waals surface area contributed by atoms with Crippen LogP contribution in [0.5, 0.6) is 0 Å². The van der Waals surface area contributed by atoms with Gasteiger partial charge in [-0.25, -0.2) is 19.3 Å². The molecule has 172 valence electrons. The summed E-state index contributed by atoms with van der Waals surface area (Å²) in [5, 5.41) is 13.9. The number of aryl methyl sites for hydroxylation is 2. The summed E-state index contributed by atoms with van der Waals surface area (Å²) in [6.45, 7) is -1.33. The molecule has 0 atom stereocenters. The molecule has 0 aliphatic heterocycles. The molecule has 11 nitrogen and oxygen atoms in total. The van der Waals surface area contributed by atoms with Crippen LogP contribution < -0.4 is 5.73 Å². The summed E-state index contributed by atoms with van der Waals surface area (Å²) in [7, 11) is 2.34. The number of primary amides is 1. The van der Waals surface area contributed by atoms with E-state index < -0.39 is 54.2 Å². The third-order valence-corrected chi connectivity index (χ3v) is 4.02. The average Bonchev–Trinajstić information content (AvgIpc) is 3.25. The number of carbonyl (C=O) groups excluding carboxylic acids is 1. The Bertz CT molecular complexity index is 1150. The Balaban J connectivity index is 1.97. The van der Waals surface area contributed by atoms with E-state index in [0.717, 1.165) is 11.7 Å². The maximum Gasteiger partial charge on any atom is 0.451 e. The predicted molar refractivity (Wildman–Crippen MR) is 90.0 cm³/mol. The number of aromatic nitrogens is 8. The first-order chi connectivity index (χ1) is 14.8. The number of alkyl halides is 6. The quantitative estimate of drug-likeness (QED) is 0.537. The molecule has 3 rings (SSSR count). The zero-order valence-electron chi connectivity index (χ0n) is 16.2. The van der Waals surface area contributed by atoms with Crippen molar-refractivity contribution in [1.29, 1.82) is 0 Å². The number of amides is 1. The van der Waals surface area contributed by atoms with Gasteiger partial charge in [-0.15, -0.1) is 5.10 Å². The second kappa shape index (κ2) is 8.13. The lowest BCUT2D eigenvalue weighted by atomic mass is 10.0. The zero-order valence-corrected chi connectivity index (χ0v) is 16.2. The number of hydrogen-bond donors (Lipinski definition) is 1. The Morgan fingerprint density at radius 2 is 1.75 bits per heavy atom. The van der Waals surface area contributed by atoms with Gasteiger partial charge in [-0.3, -0.25) is 4.79 Å². The van der Waals surface area contributed by atoms with Crippen molar-refractivity contribution in [2.24, 2.45) is 19.8 Å². The number of nitrogens with zero attached hydrogens (tertiary/aromatic N) is 8. The summed E-state index contributed by atoms with van der Waals surface area (Å²) in [5.41, 5.74) is 2.65. The highest BCUT2D eigenvalue weighted by Gasteiger charge is 2.37. The number of tetrazole rings is 1. The van der Waals surface area contributed by atoms with Crippen LogP contribution in [0, 0.1) is 0 Å². The van der Waals surface area contributed by atoms with E-state index in [0.29, 0.717) is 10.7 Å². The highest BCUT2D eigenvalue weighted by molar-refractivity contribution is 6.00. The van der Waals surface area contributed by atoms with Crippen molar-refractivity contribution in [3.05, 3.63) is 34.7 Å². The number of hydrogen-bond acceptors (Lipinski definition) is 8. The first-order valence-electron chi connectivity index (χ1n) is 8.47. The summed E-state index contributed by atoms with van der Waals surface area (Å²) in [5.74, 6) is -3.01. The van der Waals surface area contributed by atoms with Crippen molar-refractivity contribution in [2.45, 2.75) is 25.6 Å². The monoisotopic (exact) mass is 465 g/mol. The molecule has 0 fully saturated rings. The van der Waals surface area contributed by atoms with Crippen LogP contribution in [0.25, 0.3) is 11.4 Å². The van der Waals surface area contributed by atoms with Crippen molar-refractivity contribution in [1.82, 2.24) is 40.0 Å². The van der Waals surface area contributed by atoms with Crippen LogP contribution >= 0.6 is 0 Å². The fourth-order valence-electron chi connectivity index (χ4n) is 2.74. The van der Waals surface area contributed by atoms with Crippen molar-refractivity contribution < 1.29 is 35.9 Å². The van der Waals surface area contributed by atoms with Crippen molar-refractivity contribution in [2.75, 3.05) is 0 Å². The molecule has 3 heterocycles. The van der Waals surface area contributed by atoms with Gasteiger partial charge in [-0.05, 0) is 16.5 Å². The smallest absolute Gasteiger partial charge is 0.367 e. The molecule has 2 N–H and O–H groups in total. The molecular weight excluding hydrogens is 452 g/mol. The van der Waals surface area contributed by atoms with Crippen LogP contribution in [0.1, 0.15) is 33.4 Å². The van der Waals surface area contributed by atoms with Crippen LogP contribution in [0.15, 0.2) is 6.07 Å². The lowest BCUT2D eigenvalue weighted by Crippen LogP contribution is -2.21. The van der Waals surface area contributed by atoms with E-state index in [1.165, 1.54) is 7.05 Å². The highest BCUT2D eigenvalue weighted by atomic mass is 19.4.